The number of nitrogens with one attached hydrogen (secondary N) is 2. The molecule has 2 amide bonds. The van der Waals surface area contributed by atoms with Crippen LogP contribution in [0.5, 0.6) is 5.75 Å². The van der Waals surface area contributed by atoms with Crippen LogP contribution in [-0.2, 0) is 14.8 Å². The molecule has 2 rings (SSSR count). The number of aromatic hydroxyl groups is 1. The van der Waals surface area contributed by atoms with E-state index in [-0.39, 0.29) is 30.8 Å². The average Bonchev–Trinajstić information content (AvgIpc) is 3.03. The summed E-state index contributed by atoms with van der Waals surface area (Å²) in [5.41, 5.74) is 1.65. The average molecular weight is 385 g/mol. The van der Waals surface area contributed by atoms with Gasteiger partial charge in [0.2, 0.25) is 10.0 Å². The Kier molecular flexibility index (Phi) is 5.77. The molecule has 10 heteroatoms. The standard InChI is InChI=1S/C16H23N3O6S/c1-16(2,3)25-15(22)19-9-8-13(10-19)26(23,24)18-17-14(21)11-4-6-12(20)7-5-11/h4-7,13,18,20H,8-10H2,1-3H3,(H,17,21). The third-order valence-electron chi connectivity index (χ3n) is 3.67. The number of carbonyl (C=O) groups is 2. The van der Waals surface area contributed by atoms with Crippen molar-refractivity contribution in [1.82, 2.24) is 15.2 Å². The van der Waals surface area contributed by atoms with Crippen molar-refractivity contribution in [2.75, 3.05) is 13.1 Å². The summed E-state index contributed by atoms with van der Waals surface area (Å²) >= 11 is 0. The first kappa shape index (κ1) is 20.0. The Morgan fingerprint density at radius 3 is 2.42 bits per heavy atom. The fourth-order valence-electron chi connectivity index (χ4n) is 2.36. The Balaban J connectivity index is 1.91. The summed E-state index contributed by atoms with van der Waals surface area (Å²) < 4.78 is 29.9. The van der Waals surface area contributed by atoms with Crippen LogP contribution in [0.3, 0.4) is 0 Å². The highest BCUT2D eigenvalue weighted by molar-refractivity contribution is 7.90. The molecule has 0 radical (unpaired) electrons. The summed E-state index contributed by atoms with van der Waals surface area (Å²) in [6, 6.07) is 5.36. The van der Waals surface area contributed by atoms with Gasteiger partial charge in [-0.25, -0.2) is 13.2 Å². The van der Waals surface area contributed by atoms with Crippen LogP contribution in [0, 0.1) is 0 Å². The Hall–Kier alpha value is -2.33. The number of rotatable bonds is 4. The van der Waals surface area contributed by atoms with Crippen molar-refractivity contribution in [3.63, 3.8) is 0 Å². The zero-order valence-corrected chi connectivity index (χ0v) is 15.7. The van der Waals surface area contributed by atoms with E-state index >= 15 is 0 Å². The molecule has 26 heavy (non-hydrogen) atoms. The van der Waals surface area contributed by atoms with Gasteiger partial charge in [0.1, 0.15) is 11.4 Å². The quantitative estimate of drug-likeness (QED) is 0.663. The second kappa shape index (κ2) is 7.50. The minimum Gasteiger partial charge on any atom is -0.508 e. The summed E-state index contributed by atoms with van der Waals surface area (Å²) in [7, 11) is -3.86. The van der Waals surface area contributed by atoms with E-state index in [9.17, 15) is 23.1 Å². The molecule has 0 aromatic heterocycles. The monoisotopic (exact) mass is 385 g/mol. The zero-order valence-electron chi connectivity index (χ0n) is 14.9. The SMILES string of the molecule is CC(C)(C)OC(=O)N1CCC(S(=O)(=O)NNC(=O)c2ccc(O)cc2)C1. The van der Waals surface area contributed by atoms with E-state index in [4.69, 9.17) is 4.74 Å². The number of likely N-dealkylation sites (tertiary alicyclic amines) is 1. The molecule has 0 bridgehead atoms. The number of amides is 2. The van der Waals surface area contributed by atoms with Gasteiger partial charge in [-0.2, -0.15) is 0 Å². The number of benzene rings is 1. The zero-order chi connectivity index (χ0) is 19.5. The van der Waals surface area contributed by atoms with Crippen molar-refractivity contribution in [3.05, 3.63) is 29.8 Å². The molecule has 0 spiro atoms. The van der Waals surface area contributed by atoms with E-state index in [1.165, 1.54) is 29.2 Å². The molecule has 1 unspecified atom stereocenters. The number of hydrazine groups is 1. The molecule has 1 aliphatic rings. The first-order valence-electron chi connectivity index (χ1n) is 8.06. The molecule has 144 valence electrons. The molecule has 1 aromatic rings. The maximum Gasteiger partial charge on any atom is 0.410 e. The molecule has 1 heterocycles. The predicted molar refractivity (Wildman–Crippen MR) is 93.8 cm³/mol. The molecular formula is C16H23N3O6S. The third-order valence-corrected chi connectivity index (χ3v) is 5.32. The summed E-state index contributed by atoms with van der Waals surface area (Å²) in [6.45, 7) is 5.44. The lowest BCUT2D eigenvalue weighted by Crippen LogP contribution is -2.47. The number of ether oxygens (including phenoxy) is 1. The van der Waals surface area contributed by atoms with Gasteiger partial charge in [0.05, 0.1) is 5.25 Å². The molecule has 1 aliphatic heterocycles. The second-order valence-corrected chi connectivity index (χ2v) is 8.95. The third kappa shape index (κ3) is 5.33. The highest BCUT2D eigenvalue weighted by atomic mass is 32.2. The number of nitrogens with zero attached hydrogens (tertiary/aromatic N) is 1. The molecule has 0 aliphatic carbocycles. The van der Waals surface area contributed by atoms with Crippen LogP contribution in [0.4, 0.5) is 4.79 Å². The first-order chi connectivity index (χ1) is 12.0. The molecule has 1 aromatic carbocycles. The number of hydrogen-bond donors (Lipinski definition) is 3. The van der Waals surface area contributed by atoms with Gasteiger partial charge in [0.25, 0.3) is 5.91 Å². The highest BCUT2D eigenvalue weighted by Crippen LogP contribution is 2.19. The van der Waals surface area contributed by atoms with Gasteiger partial charge in [0.15, 0.2) is 0 Å². The van der Waals surface area contributed by atoms with Crippen LogP contribution in [0.15, 0.2) is 24.3 Å². The summed E-state index contributed by atoms with van der Waals surface area (Å²) in [4.78, 5) is 27.3. The van der Waals surface area contributed by atoms with Crippen molar-refractivity contribution in [1.29, 1.82) is 0 Å². The fourth-order valence-corrected chi connectivity index (χ4v) is 3.55. The smallest absolute Gasteiger partial charge is 0.410 e. The molecule has 1 saturated heterocycles. The molecule has 3 N–H and O–H groups in total. The van der Waals surface area contributed by atoms with Gasteiger partial charge in [-0.3, -0.25) is 10.2 Å². The Bertz CT molecular complexity index is 770. The number of phenols is 1. The van der Waals surface area contributed by atoms with Gasteiger partial charge < -0.3 is 14.7 Å². The lowest BCUT2D eigenvalue weighted by molar-refractivity contribution is 0.0295. The first-order valence-corrected chi connectivity index (χ1v) is 9.60. The normalized spacial score (nSPS) is 17.8. The maximum absolute atomic E-state index is 12.3. The van der Waals surface area contributed by atoms with Crippen LogP contribution in [-0.4, -0.2) is 54.4 Å². The molecule has 9 nitrogen and oxygen atoms in total. The number of sulfonamides is 1. The van der Waals surface area contributed by atoms with E-state index in [1.807, 2.05) is 0 Å². The van der Waals surface area contributed by atoms with Gasteiger partial charge >= 0.3 is 6.09 Å². The van der Waals surface area contributed by atoms with Gasteiger partial charge in [-0.05, 0) is 51.5 Å². The lowest BCUT2D eigenvalue weighted by Gasteiger charge is -2.24. The molecule has 1 atom stereocenters. The fraction of sp³-hybridized carbons (Fsp3) is 0.500. The van der Waals surface area contributed by atoms with Crippen molar-refractivity contribution in [2.45, 2.75) is 38.0 Å². The van der Waals surface area contributed by atoms with Crippen LogP contribution < -0.4 is 10.3 Å². The van der Waals surface area contributed by atoms with E-state index in [0.29, 0.717) is 0 Å². The number of carbonyl (C=O) groups excluding carboxylic acids is 2. The number of phenolic OH excluding ortho intramolecular Hbond substituents is 1. The van der Waals surface area contributed by atoms with E-state index in [2.05, 4.69) is 10.3 Å². The summed E-state index contributed by atoms with van der Waals surface area (Å²) in [5, 5.41) is 8.34. The topological polar surface area (TPSA) is 125 Å². The molecular weight excluding hydrogens is 362 g/mol. The van der Waals surface area contributed by atoms with Crippen molar-refractivity contribution >= 4 is 22.0 Å². The van der Waals surface area contributed by atoms with E-state index < -0.39 is 32.9 Å². The minimum atomic E-state index is -3.86. The van der Waals surface area contributed by atoms with E-state index in [0.717, 1.165) is 0 Å². The van der Waals surface area contributed by atoms with Crippen molar-refractivity contribution in [3.8, 4) is 5.75 Å². The minimum absolute atomic E-state index is 0.00433. The molecule has 1 fully saturated rings. The van der Waals surface area contributed by atoms with Crippen LogP contribution in [0.1, 0.15) is 37.6 Å². The Morgan fingerprint density at radius 2 is 1.85 bits per heavy atom. The van der Waals surface area contributed by atoms with Crippen LogP contribution >= 0.6 is 0 Å². The Labute approximate surface area is 152 Å². The second-order valence-electron chi connectivity index (χ2n) is 6.99. The van der Waals surface area contributed by atoms with Gasteiger partial charge in [-0.15, -0.1) is 4.83 Å². The maximum atomic E-state index is 12.3. The van der Waals surface area contributed by atoms with Crippen molar-refractivity contribution < 1.29 is 27.9 Å². The summed E-state index contributed by atoms with van der Waals surface area (Å²) in [5.74, 6) is -0.661. The van der Waals surface area contributed by atoms with Gasteiger partial charge in [0, 0.05) is 18.7 Å². The van der Waals surface area contributed by atoms with Gasteiger partial charge in [-0.1, -0.05) is 0 Å². The highest BCUT2D eigenvalue weighted by Gasteiger charge is 2.37. The Morgan fingerprint density at radius 1 is 1.23 bits per heavy atom. The van der Waals surface area contributed by atoms with E-state index in [1.54, 1.807) is 20.8 Å². The summed E-state index contributed by atoms with van der Waals surface area (Å²) in [6.07, 6.45) is -0.327. The number of hydrogen-bond acceptors (Lipinski definition) is 6. The predicted octanol–water partition coefficient (Wildman–Crippen LogP) is 0.966. The molecule has 0 saturated carbocycles. The largest absolute Gasteiger partial charge is 0.508 e. The lowest BCUT2D eigenvalue weighted by atomic mass is 10.2. The van der Waals surface area contributed by atoms with Crippen LogP contribution in [0.2, 0.25) is 0 Å². The van der Waals surface area contributed by atoms with Crippen LogP contribution in [0.25, 0.3) is 0 Å². The van der Waals surface area contributed by atoms with Crippen molar-refractivity contribution in [2.24, 2.45) is 0 Å².